The first-order valence-corrected chi connectivity index (χ1v) is 9.28. The smallest absolute Gasteiger partial charge is 0.254 e. The Hall–Kier alpha value is -3.49. The second kappa shape index (κ2) is 7.16. The van der Waals surface area contributed by atoms with Crippen LogP contribution in [0.25, 0.3) is 5.65 Å². The average molecular weight is 396 g/mol. The van der Waals surface area contributed by atoms with Gasteiger partial charge in [-0.2, -0.15) is 5.10 Å². The molecule has 9 heteroatoms. The first kappa shape index (κ1) is 18.9. The van der Waals surface area contributed by atoms with Crippen molar-refractivity contribution >= 4 is 23.3 Å². The van der Waals surface area contributed by atoms with E-state index in [1.165, 1.54) is 33.8 Å². The third-order valence-corrected chi connectivity index (χ3v) is 5.18. The molecule has 1 saturated heterocycles. The SMILES string of the molecule is CN(C)C(=O)c1ccc(F)cc1C1CCCN1c1ccn2ncc(C(N)=O)c2n1. The molecule has 0 radical (unpaired) electrons. The van der Waals surface area contributed by atoms with Gasteiger partial charge in [0.15, 0.2) is 5.65 Å². The summed E-state index contributed by atoms with van der Waals surface area (Å²) in [6.07, 6.45) is 4.71. The van der Waals surface area contributed by atoms with E-state index in [4.69, 9.17) is 5.73 Å². The fourth-order valence-corrected chi connectivity index (χ4v) is 3.80. The van der Waals surface area contributed by atoms with Gasteiger partial charge < -0.3 is 15.5 Å². The van der Waals surface area contributed by atoms with Crippen LogP contribution in [-0.4, -0.2) is 52.0 Å². The number of fused-ring (bicyclic) bond motifs is 1. The summed E-state index contributed by atoms with van der Waals surface area (Å²) in [6.45, 7) is 0.694. The molecule has 0 spiro atoms. The molecule has 3 aromatic rings. The predicted octanol–water partition coefficient (Wildman–Crippen LogP) is 2.01. The van der Waals surface area contributed by atoms with Crippen molar-refractivity contribution in [1.82, 2.24) is 19.5 Å². The quantitative estimate of drug-likeness (QED) is 0.728. The predicted molar refractivity (Wildman–Crippen MR) is 105 cm³/mol. The molecule has 29 heavy (non-hydrogen) atoms. The van der Waals surface area contributed by atoms with E-state index < -0.39 is 11.7 Å². The van der Waals surface area contributed by atoms with Gasteiger partial charge in [-0.3, -0.25) is 9.59 Å². The summed E-state index contributed by atoms with van der Waals surface area (Å²) < 4.78 is 15.6. The normalized spacial score (nSPS) is 16.4. The number of halogens is 1. The Balaban J connectivity index is 1.79. The number of hydrogen-bond donors (Lipinski definition) is 1. The van der Waals surface area contributed by atoms with Gasteiger partial charge in [-0.05, 0) is 42.7 Å². The maximum absolute atomic E-state index is 14.1. The van der Waals surface area contributed by atoms with Crippen LogP contribution in [0, 0.1) is 5.82 Å². The molecule has 1 aromatic carbocycles. The van der Waals surface area contributed by atoms with E-state index in [-0.39, 0.29) is 17.5 Å². The first-order chi connectivity index (χ1) is 13.9. The highest BCUT2D eigenvalue weighted by molar-refractivity contribution is 5.98. The van der Waals surface area contributed by atoms with Crippen LogP contribution in [0.15, 0.2) is 36.7 Å². The highest BCUT2D eigenvalue weighted by Crippen LogP contribution is 2.37. The van der Waals surface area contributed by atoms with Crippen LogP contribution < -0.4 is 10.6 Å². The molecule has 4 rings (SSSR count). The molecule has 2 N–H and O–H groups in total. The van der Waals surface area contributed by atoms with E-state index in [0.29, 0.717) is 29.1 Å². The topological polar surface area (TPSA) is 96.8 Å². The zero-order valence-corrected chi connectivity index (χ0v) is 16.2. The number of nitrogens with zero attached hydrogens (tertiary/aromatic N) is 5. The molecule has 3 heterocycles. The monoisotopic (exact) mass is 396 g/mol. The Morgan fingerprint density at radius 2 is 2.03 bits per heavy atom. The number of anilines is 1. The molecule has 2 amide bonds. The summed E-state index contributed by atoms with van der Waals surface area (Å²) in [4.78, 5) is 32.4. The molecule has 0 bridgehead atoms. The van der Waals surface area contributed by atoms with Crippen molar-refractivity contribution in [3.8, 4) is 0 Å². The second-order valence-corrected chi connectivity index (χ2v) is 7.26. The zero-order chi connectivity index (χ0) is 20.7. The van der Waals surface area contributed by atoms with Crippen LogP contribution in [0.5, 0.6) is 0 Å². The minimum absolute atomic E-state index is 0.179. The first-order valence-electron chi connectivity index (χ1n) is 9.28. The summed E-state index contributed by atoms with van der Waals surface area (Å²) >= 11 is 0. The maximum atomic E-state index is 14.1. The minimum Gasteiger partial charge on any atom is -0.365 e. The maximum Gasteiger partial charge on any atom is 0.254 e. The standard InChI is InChI=1S/C20H21FN6O2/c1-25(2)20(29)13-6-5-12(21)10-14(13)16-4-3-8-26(16)17-7-9-27-19(24-17)15(11-23-27)18(22)28/h5-7,9-11,16H,3-4,8H2,1-2H3,(H2,22,28). The van der Waals surface area contributed by atoms with Gasteiger partial charge in [0.1, 0.15) is 17.2 Å². The van der Waals surface area contributed by atoms with Crippen molar-refractivity contribution in [1.29, 1.82) is 0 Å². The fourth-order valence-electron chi connectivity index (χ4n) is 3.80. The van der Waals surface area contributed by atoms with Gasteiger partial charge in [0.25, 0.3) is 11.8 Å². The van der Waals surface area contributed by atoms with Crippen molar-refractivity contribution in [2.24, 2.45) is 5.73 Å². The van der Waals surface area contributed by atoms with Gasteiger partial charge in [0, 0.05) is 32.4 Å². The molecule has 1 atom stereocenters. The molecule has 1 aliphatic heterocycles. The number of aromatic nitrogens is 3. The molecular weight excluding hydrogens is 375 g/mol. The molecule has 0 aliphatic carbocycles. The summed E-state index contributed by atoms with van der Waals surface area (Å²) in [5, 5.41) is 4.09. The summed E-state index contributed by atoms with van der Waals surface area (Å²) in [5.41, 5.74) is 7.11. The van der Waals surface area contributed by atoms with E-state index in [0.717, 1.165) is 12.8 Å². The number of primary amides is 1. The van der Waals surface area contributed by atoms with Crippen molar-refractivity contribution in [3.63, 3.8) is 0 Å². The number of nitrogens with two attached hydrogens (primary N) is 1. The molecule has 1 fully saturated rings. The highest BCUT2D eigenvalue weighted by atomic mass is 19.1. The van der Waals surface area contributed by atoms with E-state index in [1.54, 1.807) is 26.4 Å². The van der Waals surface area contributed by atoms with E-state index in [2.05, 4.69) is 10.1 Å². The van der Waals surface area contributed by atoms with Crippen LogP contribution in [0.2, 0.25) is 0 Å². The van der Waals surface area contributed by atoms with Crippen LogP contribution in [0.4, 0.5) is 10.2 Å². The molecule has 150 valence electrons. The van der Waals surface area contributed by atoms with Crippen molar-refractivity contribution in [2.45, 2.75) is 18.9 Å². The third-order valence-electron chi connectivity index (χ3n) is 5.18. The van der Waals surface area contributed by atoms with Gasteiger partial charge in [0.2, 0.25) is 0 Å². The van der Waals surface area contributed by atoms with Gasteiger partial charge >= 0.3 is 0 Å². The number of carbonyl (C=O) groups excluding carboxylic acids is 2. The Kier molecular flexibility index (Phi) is 4.65. The zero-order valence-electron chi connectivity index (χ0n) is 16.2. The van der Waals surface area contributed by atoms with E-state index in [9.17, 15) is 14.0 Å². The van der Waals surface area contributed by atoms with E-state index in [1.807, 2.05) is 4.90 Å². The number of hydrogen-bond acceptors (Lipinski definition) is 5. The second-order valence-electron chi connectivity index (χ2n) is 7.26. The molecule has 1 unspecified atom stereocenters. The van der Waals surface area contributed by atoms with Crippen LogP contribution in [0.3, 0.4) is 0 Å². The molecule has 2 aromatic heterocycles. The summed E-state index contributed by atoms with van der Waals surface area (Å²) in [6, 6.07) is 5.83. The van der Waals surface area contributed by atoms with Gasteiger partial charge in [-0.1, -0.05) is 0 Å². The highest BCUT2D eigenvalue weighted by Gasteiger charge is 2.31. The van der Waals surface area contributed by atoms with Gasteiger partial charge in [-0.15, -0.1) is 0 Å². The molecular formula is C20H21FN6O2. The Bertz CT molecular complexity index is 1110. The fraction of sp³-hybridized carbons (Fsp3) is 0.300. The summed E-state index contributed by atoms with van der Waals surface area (Å²) in [7, 11) is 3.34. The number of benzene rings is 1. The Morgan fingerprint density at radius 3 is 2.76 bits per heavy atom. The number of amides is 2. The molecule has 0 saturated carbocycles. The third kappa shape index (κ3) is 3.28. The van der Waals surface area contributed by atoms with Gasteiger partial charge in [0.05, 0.1) is 12.2 Å². The van der Waals surface area contributed by atoms with Crippen molar-refractivity contribution in [3.05, 3.63) is 59.2 Å². The minimum atomic E-state index is -0.605. The van der Waals surface area contributed by atoms with Crippen molar-refractivity contribution in [2.75, 3.05) is 25.5 Å². The summed E-state index contributed by atoms with van der Waals surface area (Å²) in [5.74, 6) is -0.554. The van der Waals surface area contributed by atoms with Gasteiger partial charge in [-0.25, -0.2) is 13.9 Å². The lowest BCUT2D eigenvalue weighted by Gasteiger charge is -2.28. The molecule has 1 aliphatic rings. The Labute approximate surface area is 166 Å². The van der Waals surface area contributed by atoms with E-state index >= 15 is 0 Å². The molecule has 8 nitrogen and oxygen atoms in total. The lowest BCUT2D eigenvalue weighted by molar-refractivity contribution is 0.0825. The lowest BCUT2D eigenvalue weighted by atomic mass is 9.97. The largest absolute Gasteiger partial charge is 0.365 e. The Morgan fingerprint density at radius 1 is 1.24 bits per heavy atom. The number of rotatable bonds is 4. The average Bonchev–Trinajstić information content (AvgIpc) is 3.33. The van der Waals surface area contributed by atoms with Crippen LogP contribution in [-0.2, 0) is 0 Å². The van der Waals surface area contributed by atoms with Crippen LogP contribution >= 0.6 is 0 Å². The lowest BCUT2D eigenvalue weighted by Crippen LogP contribution is -2.28. The van der Waals surface area contributed by atoms with Crippen molar-refractivity contribution < 1.29 is 14.0 Å². The van der Waals surface area contributed by atoms with Crippen LogP contribution in [0.1, 0.15) is 45.2 Å². The number of carbonyl (C=O) groups is 2.